The summed E-state index contributed by atoms with van der Waals surface area (Å²) >= 11 is 0. The fourth-order valence-corrected chi connectivity index (χ4v) is 1.45. The smallest absolute Gasteiger partial charge is 0.354 e. The highest BCUT2D eigenvalue weighted by Crippen LogP contribution is 2.08. The average molecular weight is 261 g/mol. The van der Waals surface area contributed by atoms with Crippen LogP contribution in [0.1, 0.15) is 33.8 Å². The van der Waals surface area contributed by atoms with Gasteiger partial charge in [-0.3, -0.25) is 4.79 Å². The number of imidazole rings is 1. The molecular weight excluding hydrogens is 250 g/mol. The molecule has 0 aliphatic heterocycles. The quantitative estimate of drug-likeness (QED) is 0.760. The Labute approximate surface area is 108 Å². The molecule has 0 unspecified atom stereocenters. The summed E-state index contributed by atoms with van der Waals surface area (Å²) in [6.45, 7) is 0.256. The van der Waals surface area contributed by atoms with Gasteiger partial charge in [0.25, 0.3) is 5.91 Å². The van der Waals surface area contributed by atoms with Crippen molar-refractivity contribution in [1.29, 1.82) is 10.5 Å². The SMILES string of the molecule is N#CCCN(CCC#N)C(=O)c1nc[nH]c1C(=O)O. The zero-order valence-corrected chi connectivity index (χ0v) is 9.96. The van der Waals surface area contributed by atoms with Crippen LogP contribution in [0.5, 0.6) is 0 Å². The van der Waals surface area contributed by atoms with Gasteiger partial charge in [-0.15, -0.1) is 0 Å². The minimum atomic E-state index is -1.29. The van der Waals surface area contributed by atoms with Crippen molar-refractivity contribution in [2.75, 3.05) is 13.1 Å². The minimum absolute atomic E-state index is 0.101. The van der Waals surface area contributed by atoms with E-state index in [0.717, 1.165) is 6.33 Å². The summed E-state index contributed by atoms with van der Waals surface area (Å²) in [4.78, 5) is 30.3. The molecule has 1 amide bonds. The Kier molecular flexibility index (Phi) is 5.05. The first-order chi connectivity index (χ1) is 9.11. The molecule has 98 valence electrons. The number of H-pyrrole nitrogens is 1. The molecule has 0 saturated carbocycles. The molecule has 8 heteroatoms. The van der Waals surface area contributed by atoms with Crippen LogP contribution < -0.4 is 0 Å². The van der Waals surface area contributed by atoms with Crippen LogP contribution in [0.25, 0.3) is 0 Å². The fourth-order valence-electron chi connectivity index (χ4n) is 1.45. The maximum absolute atomic E-state index is 12.1. The van der Waals surface area contributed by atoms with E-state index < -0.39 is 11.9 Å². The Morgan fingerprint density at radius 1 is 1.32 bits per heavy atom. The average Bonchev–Trinajstić information content (AvgIpc) is 2.87. The monoisotopic (exact) mass is 261 g/mol. The highest BCUT2D eigenvalue weighted by molar-refractivity contribution is 6.02. The van der Waals surface area contributed by atoms with E-state index >= 15 is 0 Å². The van der Waals surface area contributed by atoms with Crippen LogP contribution in [-0.2, 0) is 0 Å². The second kappa shape index (κ2) is 6.77. The number of hydrogen-bond donors (Lipinski definition) is 2. The van der Waals surface area contributed by atoms with Crippen molar-refractivity contribution in [3.05, 3.63) is 17.7 Å². The summed E-state index contributed by atoms with van der Waals surface area (Å²) in [6.07, 6.45) is 1.32. The number of hydrogen-bond acceptors (Lipinski definition) is 5. The number of amides is 1. The number of carbonyl (C=O) groups is 2. The number of rotatable bonds is 6. The Morgan fingerprint density at radius 3 is 2.37 bits per heavy atom. The van der Waals surface area contributed by atoms with Gasteiger partial charge in [-0.1, -0.05) is 0 Å². The lowest BCUT2D eigenvalue weighted by Gasteiger charge is -2.19. The molecule has 0 aromatic carbocycles. The normalized spacial score (nSPS) is 9.37. The van der Waals surface area contributed by atoms with E-state index in [1.807, 2.05) is 12.1 Å². The van der Waals surface area contributed by atoms with Gasteiger partial charge in [-0.25, -0.2) is 9.78 Å². The Balaban J connectivity index is 2.92. The third-order valence-corrected chi connectivity index (χ3v) is 2.33. The first kappa shape index (κ1) is 14.2. The number of carboxylic acids is 1. The van der Waals surface area contributed by atoms with Crippen LogP contribution in [0, 0.1) is 22.7 Å². The molecule has 0 aliphatic carbocycles. The molecule has 0 fully saturated rings. The largest absolute Gasteiger partial charge is 0.477 e. The van der Waals surface area contributed by atoms with Gasteiger partial charge in [0, 0.05) is 13.1 Å². The van der Waals surface area contributed by atoms with Crippen molar-refractivity contribution < 1.29 is 14.7 Å². The predicted octanol–water partition coefficient (Wildman–Crippen LogP) is 0.377. The molecule has 0 bridgehead atoms. The number of nitrogens with one attached hydrogen (secondary N) is 1. The van der Waals surface area contributed by atoms with Gasteiger partial charge in [-0.2, -0.15) is 10.5 Å². The Hall–Kier alpha value is -2.87. The number of nitriles is 2. The molecule has 1 aromatic heterocycles. The summed E-state index contributed by atoms with van der Waals surface area (Å²) in [5.41, 5.74) is -0.521. The van der Waals surface area contributed by atoms with E-state index in [9.17, 15) is 9.59 Å². The number of aromatic amines is 1. The van der Waals surface area contributed by atoms with Gasteiger partial charge in [0.15, 0.2) is 11.4 Å². The Bertz CT molecular complexity index is 533. The zero-order chi connectivity index (χ0) is 14.3. The number of carbonyl (C=O) groups excluding carboxylic acids is 1. The number of aromatic nitrogens is 2. The maximum atomic E-state index is 12.1. The van der Waals surface area contributed by atoms with E-state index in [-0.39, 0.29) is 37.3 Å². The topological polar surface area (TPSA) is 134 Å². The van der Waals surface area contributed by atoms with Crippen molar-refractivity contribution in [2.45, 2.75) is 12.8 Å². The van der Waals surface area contributed by atoms with Crippen LogP contribution in [0.3, 0.4) is 0 Å². The zero-order valence-electron chi connectivity index (χ0n) is 9.96. The second-order valence-electron chi connectivity index (χ2n) is 3.54. The first-order valence-corrected chi connectivity index (χ1v) is 5.41. The van der Waals surface area contributed by atoms with Crippen molar-refractivity contribution in [3.8, 4) is 12.1 Å². The van der Waals surface area contributed by atoms with E-state index in [0.29, 0.717) is 0 Å². The number of nitrogens with zero attached hydrogens (tertiary/aromatic N) is 4. The number of aromatic carboxylic acids is 1. The molecule has 1 heterocycles. The molecule has 19 heavy (non-hydrogen) atoms. The van der Waals surface area contributed by atoms with Crippen LogP contribution in [-0.4, -0.2) is 44.9 Å². The van der Waals surface area contributed by atoms with Crippen LogP contribution in [0.4, 0.5) is 0 Å². The maximum Gasteiger partial charge on any atom is 0.354 e. The van der Waals surface area contributed by atoms with Gasteiger partial charge in [-0.05, 0) is 0 Å². The van der Waals surface area contributed by atoms with Crippen LogP contribution in [0.15, 0.2) is 6.33 Å². The molecule has 0 saturated heterocycles. The summed E-state index contributed by atoms with van der Waals surface area (Å²) in [7, 11) is 0. The number of carboxylic acid groups (broad SMARTS) is 1. The van der Waals surface area contributed by atoms with E-state index in [4.69, 9.17) is 15.6 Å². The summed E-state index contributed by atoms with van der Waals surface area (Å²) in [5.74, 6) is -1.90. The third kappa shape index (κ3) is 3.54. The summed E-state index contributed by atoms with van der Waals surface area (Å²) < 4.78 is 0. The second-order valence-corrected chi connectivity index (χ2v) is 3.54. The molecule has 0 atom stereocenters. The standard InChI is InChI=1S/C11H11N5O3/c12-3-1-5-16(6-2-4-13)10(17)8-9(11(18)19)15-7-14-8/h7H,1-2,5-6H2,(H,14,15)(H,18,19). The van der Waals surface area contributed by atoms with Gasteiger partial charge in [0.2, 0.25) is 0 Å². The van der Waals surface area contributed by atoms with Crippen LogP contribution >= 0.6 is 0 Å². The third-order valence-electron chi connectivity index (χ3n) is 2.33. The predicted molar refractivity (Wildman–Crippen MR) is 61.9 cm³/mol. The highest BCUT2D eigenvalue weighted by Gasteiger charge is 2.24. The lowest BCUT2D eigenvalue weighted by Crippen LogP contribution is -2.34. The van der Waals surface area contributed by atoms with Gasteiger partial charge >= 0.3 is 5.97 Å². The van der Waals surface area contributed by atoms with Crippen molar-refractivity contribution in [1.82, 2.24) is 14.9 Å². The molecule has 8 nitrogen and oxygen atoms in total. The van der Waals surface area contributed by atoms with Crippen molar-refractivity contribution >= 4 is 11.9 Å². The first-order valence-electron chi connectivity index (χ1n) is 5.41. The molecular formula is C11H11N5O3. The molecule has 1 rings (SSSR count). The molecule has 0 radical (unpaired) electrons. The fraction of sp³-hybridized carbons (Fsp3) is 0.364. The van der Waals surface area contributed by atoms with E-state index in [2.05, 4.69) is 9.97 Å². The summed E-state index contributed by atoms with van der Waals surface area (Å²) in [6, 6.07) is 3.78. The summed E-state index contributed by atoms with van der Waals surface area (Å²) in [5, 5.41) is 25.9. The lowest BCUT2D eigenvalue weighted by atomic mass is 10.2. The minimum Gasteiger partial charge on any atom is -0.477 e. The van der Waals surface area contributed by atoms with E-state index in [1.165, 1.54) is 4.90 Å². The van der Waals surface area contributed by atoms with Gasteiger partial charge in [0.1, 0.15) is 0 Å². The van der Waals surface area contributed by atoms with Gasteiger partial charge in [0.05, 0.1) is 31.3 Å². The molecule has 0 spiro atoms. The van der Waals surface area contributed by atoms with Crippen LogP contribution in [0.2, 0.25) is 0 Å². The van der Waals surface area contributed by atoms with Crippen molar-refractivity contribution in [3.63, 3.8) is 0 Å². The van der Waals surface area contributed by atoms with Gasteiger partial charge < -0.3 is 15.0 Å². The molecule has 1 aromatic rings. The van der Waals surface area contributed by atoms with Crippen molar-refractivity contribution in [2.24, 2.45) is 0 Å². The lowest BCUT2D eigenvalue weighted by molar-refractivity contribution is 0.0669. The molecule has 0 aliphatic rings. The molecule has 2 N–H and O–H groups in total. The Morgan fingerprint density at radius 2 is 1.89 bits per heavy atom. The van der Waals surface area contributed by atoms with E-state index in [1.54, 1.807) is 0 Å². The highest BCUT2D eigenvalue weighted by atomic mass is 16.4.